The second-order valence-corrected chi connectivity index (χ2v) is 6.04. The molecule has 0 radical (unpaired) electrons. The standard InChI is InChI=1S/C16H21N3O/c1-16(2)11-19(7-8-20-16)10-13-9-12-5-3-4-6-14(12)18-15(13)17/h3-6,9H,7-8,10-11H2,1-2H3,(H2,17,18). The fourth-order valence-corrected chi connectivity index (χ4v) is 2.79. The number of morpholine rings is 1. The fourth-order valence-electron chi connectivity index (χ4n) is 2.79. The highest BCUT2D eigenvalue weighted by Gasteiger charge is 2.27. The average Bonchev–Trinajstić information content (AvgIpc) is 2.38. The molecule has 1 aromatic carbocycles. The van der Waals surface area contributed by atoms with Gasteiger partial charge in [0.2, 0.25) is 0 Å². The molecule has 1 saturated heterocycles. The number of para-hydroxylation sites is 1. The van der Waals surface area contributed by atoms with Gasteiger partial charge in [-0.15, -0.1) is 0 Å². The minimum absolute atomic E-state index is 0.0860. The van der Waals surface area contributed by atoms with Crippen molar-refractivity contribution in [1.29, 1.82) is 0 Å². The number of pyridine rings is 1. The van der Waals surface area contributed by atoms with Crippen molar-refractivity contribution < 1.29 is 4.74 Å². The number of nitrogen functional groups attached to an aromatic ring is 1. The highest BCUT2D eigenvalue weighted by atomic mass is 16.5. The predicted molar refractivity (Wildman–Crippen MR) is 81.5 cm³/mol. The van der Waals surface area contributed by atoms with E-state index in [0.29, 0.717) is 5.82 Å². The first-order valence-corrected chi connectivity index (χ1v) is 7.04. The Labute approximate surface area is 119 Å². The molecule has 4 heteroatoms. The van der Waals surface area contributed by atoms with Gasteiger partial charge >= 0.3 is 0 Å². The monoisotopic (exact) mass is 271 g/mol. The molecule has 20 heavy (non-hydrogen) atoms. The Bertz CT molecular complexity index is 624. The van der Waals surface area contributed by atoms with Crippen LogP contribution in [0.25, 0.3) is 10.9 Å². The zero-order valence-electron chi connectivity index (χ0n) is 12.1. The van der Waals surface area contributed by atoms with Gasteiger partial charge in [0.25, 0.3) is 0 Å². The number of rotatable bonds is 2. The van der Waals surface area contributed by atoms with E-state index in [-0.39, 0.29) is 5.60 Å². The van der Waals surface area contributed by atoms with Gasteiger partial charge in [0, 0.05) is 30.6 Å². The van der Waals surface area contributed by atoms with Crippen LogP contribution in [0.2, 0.25) is 0 Å². The normalized spacial score (nSPS) is 19.3. The van der Waals surface area contributed by atoms with Crippen LogP contribution in [0, 0.1) is 0 Å². The molecule has 0 saturated carbocycles. The van der Waals surface area contributed by atoms with Crippen molar-refractivity contribution in [3.05, 3.63) is 35.9 Å². The molecule has 2 aromatic rings. The van der Waals surface area contributed by atoms with E-state index in [1.807, 2.05) is 18.2 Å². The van der Waals surface area contributed by atoms with Gasteiger partial charge in [0.15, 0.2) is 0 Å². The van der Waals surface area contributed by atoms with Crippen LogP contribution in [-0.2, 0) is 11.3 Å². The summed E-state index contributed by atoms with van der Waals surface area (Å²) in [5.74, 6) is 0.632. The van der Waals surface area contributed by atoms with Crippen LogP contribution >= 0.6 is 0 Å². The van der Waals surface area contributed by atoms with Crippen molar-refractivity contribution >= 4 is 16.7 Å². The van der Waals surface area contributed by atoms with Crippen LogP contribution in [0.1, 0.15) is 19.4 Å². The van der Waals surface area contributed by atoms with Crippen LogP contribution in [0.3, 0.4) is 0 Å². The maximum atomic E-state index is 6.10. The zero-order valence-corrected chi connectivity index (χ0v) is 12.1. The van der Waals surface area contributed by atoms with Gasteiger partial charge in [-0.1, -0.05) is 18.2 Å². The largest absolute Gasteiger partial charge is 0.383 e. The highest BCUT2D eigenvalue weighted by molar-refractivity contribution is 5.81. The van der Waals surface area contributed by atoms with Crippen molar-refractivity contribution in [1.82, 2.24) is 9.88 Å². The third-order valence-corrected chi connectivity index (χ3v) is 3.74. The molecular formula is C16H21N3O. The van der Waals surface area contributed by atoms with Crippen LogP contribution in [0.4, 0.5) is 5.82 Å². The van der Waals surface area contributed by atoms with E-state index in [0.717, 1.165) is 42.7 Å². The maximum absolute atomic E-state index is 6.10. The second kappa shape index (κ2) is 5.04. The number of ether oxygens (including phenoxy) is 1. The predicted octanol–water partition coefficient (Wildman–Crippen LogP) is 2.43. The first kappa shape index (κ1) is 13.3. The quantitative estimate of drug-likeness (QED) is 0.911. The third kappa shape index (κ3) is 2.76. The first-order chi connectivity index (χ1) is 9.53. The SMILES string of the molecule is CC1(C)CN(Cc2cc3ccccc3nc2N)CCO1. The van der Waals surface area contributed by atoms with Crippen molar-refractivity contribution in [2.45, 2.75) is 26.0 Å². The van der Waals surface area contributed by atoms with E-state index in [1.54, 1.807) is 0 Å². The first-order valence-electron chi connectivity index (χ1n) is 7.04. The van der Waals surface area contributed by atoms with Crippen LogP contribution in [0.15, 0.2) is 30.3 Å². The summed E-state index contributed by atoms with van der Waals surface area (Å²) in [6.45, 7) is 7.71. The van der Waals surface area contributed by atoms with Gasteiger partial charge in [-0.3, -0.25) is 4.90 Å². The number of fused-ring (bicyclic) bond motifs is 1. The van der Waals surface area contributed by atoms with Crippen LogP contribution < -0.4 is 5.73 Å². The molecule has 2 heterocycles. The summed E-state index contributed by atoms with van der Waals surface area (Å²) in [4.78, 5) is 6.88. The van der Waals surface area contributed by atoms with Gasteiger partial charge in [-0.05, 0) is 26.0 Å². The van der Waals surface area contributed by atoms with E-state index >= 15 is 0 Å². The lowest BCUT2D eigenvalue weighted by Crippen LogP contribution is -2.47. The third-order valence-electron chi connectivity index (χ3n) is 3.74. The lowest BCUT2D eigenvalue weighted by Gasteiger charge is -2.38. The number of benzene rings is 1. The van der Waals surface area contributed by atoms with Crippen molar-refractivity contribution in [2.24, 2.45) is 0 Å². The summed E-state index contributed by atoms with van der Waals surface area (Å²) in [6.07, 6.45) is 0. The fraction of sp³-hybridized carbons (Fsp3) is 0.438. The maximum Gasteiger partial charge on any atom is 0.128 e. The number of nitrogens with zero attached hydrogens (tertiary/aromatic N) is 2. The smallest absolute Gasteiger partial charge is 0.128 e. The van der Waals surface area contributed by atoms with E-state index in [2.05, 4.69) is 35.9 Å². The number of hydrogen-bond acceptors (Lipinski definition) is 4. The molecule has 0 amide bonds. The van der Waals surface area contributed by atoms with Gasteiger partial charge < -0.3 is 10.5 Å². The summed E-state index contributed by atoms with van der Waals surface area (Å²) in [7, 11) is 0. The van der Waals surface area contributed by atoms with Gasteiger partial charge in [0.1, 0.15) is 5.82 Å². The molecule has 2 N–H and O–H groups in total. The van der Waals surface area contributed by atoms with Crippen molar-refractivity contribution in [3.63, 3.8) is 0 Å². The van der Waals surface area contributed by atoms with Crippen molar-refractivity contribution in [3.8, 4) is 0 Å². The van der Waals surface area contributed by atoms with Crippen LogP contribution in [0.5, 0.6) is 0 Å². The molecule has 0 spiro atoms. The Morgan fingerprint density at radius 1 is 1.35 bits per heavy atom. The summed E-state index contributed by atoms with van der Waals surface area (Å²) in [5, 5.41) is 1.14. The van der Waals surface area contributed by atoms with E-state index < -0.39 is 0 Å². The summed E-state index contributed by atoms with van der Waals surface area (Å²) in [5.41, 5.74) is 8.07. The molecule has 1 aliphatic rings. The number of hydrogen-bond donors (Lipinski definition) is 1. The second-order valence-electron chi connectivity index (χ2n) is 6.04. The Hall–Kier alpha value is -1.65. The molecule has 1 aromatic heterocycles. The molecule has 3 rings (SSSR count). The topological polar surface area (TPSA) is 51.4 Å². The number of aromatic nitrogens is 1. The Balaban J connectivity index is 1.85. The van der Waals surface area contributed by atoms with E-state index in [1.165, 1.54) is 0 Å². The van der Waals surface area contributed by atoms with Gasteiger partial charge in [-0.25, -0.2) is 4.98 Å². The molecule has 0 aliphatic carbocycles. The summed E-state index contributed by atoms with van der Waals surface area (Å²) < 4.78 is 5.75. The molecule has 0 unspecified atom stereocenters. The molecule has 1 fully saturated rings. The lowest BCUT2D eigenvalue weighted by atomic mass is 10.1. The zero-order chi connectivity index (χ0) is 14.2. The molecular weight excluding hydrogens is 250 g/mol. The average molecular weight is 271 g/mol. The molecule has 0 bridgehead atoms. The van der Waals surface area contributed by atoms with E-state index in [4.69, 9.17) is 10.5 Å². The molecule has 106 valence electrons. The Kier molecular flexibility index (Phi) is 3.36. The number of nitrogens with two attached hydrogens (primary N) is 1. The molecule has 0 atom stereocenters. The van der Waals surface area contributed by atoms with Gasteiger partial charge in [-0.2, -0.15) is 0 Å². The molecule has 4 nitrogen and oxygen atoms in total. The van der Waals surface area contributed by atoms with Crippen LogP contribution in [-0.4, -0.2) is 35.2 Å². The summed E-state index contributed by atoms with van der Waals surface area (Å²) >= 11 is 0. The van der Waals surface area contributed by atoms with Crippen molar-refractivity contribution in [2.75, 3.05) is 25.4 Å². The number of anilines is 1. The Morgan fingerprint density at radius 3 is 2.95 bits per heavy atom. The van der Waals surface area contributed by atoms with E-state index in [9.17, 15) is 0 Å². The highest BCUT2D eigenvalue weighted by Crippen LogP contribution is 2.23. The minimum atomic E-state index is -0.0860. The minimum Gasteiger partial charge on any atom is -0.383 e. The molecule has 1 aliphatic heterocycles. The Morgan fingerprint density at radius 2 is 2.15 bits per heavy atom. The summed E-state index contributed by atoms with van der Waals surface area (Å²) in [6, 6.07) is 10.2. The lowest BCUT2D eigenvalue weighted by molar-refractivity contribution is -0.0882. The van der Waals surface area contributed by atoms with Gasteiger partial charge in [0.05, 0.1) is 17.7 Å².